The summed E-state index contributed by atoms with van der Waals surface area (Å²) in [5, 5.41) is 7.29. The number of fused-ring (bicyclic) bond motifs is 9. The highest BCUT2D eigenvalue weighted by Crippen LogP contribution is 2.43. The Morgan fingerprint density at radius 3 is 1.62 bits per heavy atom. The van der Waals surface area contributed by atoms with Crippen molar-refractivity contribution in [2.45, 2.75) is 0 Å². The molecule has 0 N–H and O–H groups in total. The van der Waals surface area contributed by atoms with Gasteiger partial charge in [-0.15, -0.1) is 0 Å². The molecular weight excluding hydrogens is 585 g/mol. The van der Waals surface area contributed by atoms with Gasteiger partial charge in [-0.05, 0) is 98.2 Å². The standard InChI is InChI=1S/C44H26BNO2/c1-2-12-31-27(11-1)23-28-24-30(46-37-17-7-3-13-33(37)34-14-4-8-18-38(34)46)21-22-32(28)43(31)29-25-41-44-42(26-29)48-40-20-10-6-16-36(40)45(44)35-15-5-9-19-39(35)47-41/h1-26H. The Balaban J connectivity index is 1.17. The van der Waals surface area contributed by atoms with Gasteiger partial charge in [-0.1, -0.05) is 103 Å². The van der Waals surface area contributed by atoms with Crippen molar-refractivity contribution in [3.63, 3.8) is 0 Å². The molecule has 8 aromatic carbocycles. The number of rotatable bonds is 2. The summed E-state index contributed by atoms with van der Waals surface area (Å²) in [4.78, 5) is 0. The monoisotopic (exact) mass is 611 g/mol. The smallest absolute Gasteiger partial charge is 0.260 e. The van der Waals surface area contributed by atoms with Crippen LogP contribution in [0.25, 0.3) is 60.2 Å². The van der Waals surface area contributed by atoms with E-state index in [0.717, 1.165) is 39.7 Å². The van der Waals surface area contributed by atoms with Crippen molar-refractivity contribution in [2.75, 3.05) is 0 Å². The molecule has 0 aliphatic carbocycles. The van der Waals surface area contributed by atoms with Crippen LogP contribution in [-0.4, -0.2) is 11.3 Å². The molecule has 0 spiro atoms. The first-order valence-corrected chi connectivity index (χ1v) is 16.5. The van der Waals surface area contributed by atoms with Crippen LogP contribution >= 0.6 is 0 Å². The minimum absolute atomic E-state index is 0.0528. The zero-order chi connectivity index (χ0) is 31.3. The summed E-state index contributed by atoms with van der Waals surface area (Å²) in [7, 11) is 0. The average molecular weight is 612 g/mol. The molecular formula is C44H26BNO2. The van der Waals surface area contributed by atoms with Gasteiger partial charge in [0.15, 0.2) is 0 Å². The van der Waals surface area contributed by atoms with Gasteiger partial charge in [-0.2, -0.15) is 0 Å². The van der Waals surface area contributed by atoms with Crippen LogP contribution in [0.2, 0.25) is 0 Å². The molecule has 0 saturated carbocycles. The predicted octanol–water partition coefficient (Wildman–Crippen LogP) is 9.48. The Kier molecular flexibility index (Phi) is 5.19. The Labute approximate surface area is 277 Å². The minimum atomic E-state index is 0.0528. The third-order valence-corrected chi connectivity index (χ3v) is 10.3. The van der Waals surface area contributed by atoms with Gasteiger partial charge in [0.2, 0.25) is 0 Å². The highest BCUT2D eigenvalue weighted by atomic mass is 16.5. The lowest BCUT2D eigenvalue weighted by atomic mass is 9.35. The van der Waals surface area contributed by atoms with E-state index in [9.17, 15) is 0 Å². The topological polar surface area (TPSA) is 23.4 Å². The fourth-order valence-corrected chi connectivity index (χ4v) is 8.25. The molecule has 2 aliphatic rings. The Morgan fingerprint density at radius 2 is 0.958 bits per heavy atom. The number of nitrogens with zero attached hydrogens (tertiary/aromatic N) is 1. The highest BCUT2D eigenvalue weighted by Gasteiger charge is 2.40. The molecule has 48 heavy (non-hydrogen) atoms. The molecule has 11 rings (SSSR count). The first kappa shape index (κ1) is 25.9. The summed E-state index contributed by atoms with van der Waals surface area (Å²) in [6.45, 7) is 0.0528. The first-order valence-electron chi connectivity index (χ1n) is 16.5. The van der Waals surface area contributed by atoms with Crippen molar-refractivity contribution in [2.24, 2.45) is 0 Å². The number of hydrogen-bond acceptors (Lipinski definition) is 2. The van der Waals surface area contributed by atoms with Crippen molar-refractivity contribution in [1.29, 1.82) is 0 Å². The average Bonchev–Trinajstić information content (AvgIpc) is 3.47. The van der Waals surface area contributed by atoms with E-state index in [1.165, 1.54) is 59.8 Å². The summed E-state index contributed by atoms with van der Waals surface area (Å²) in [5.41, 5.74) is 9.24. The molecule has 0 fully saturated rings. The minimum Gasteiger partial charge on any atom is -0.458 e. The second-order valence-corrected chi connectivity index (χ2v) is 12.8. The molecule has 2 aliphatic heterocycles. The second kappa shape index (κ2) is 9.63. The van der Waals surface area contributed by atoms with Gasteiger partial charge >= 0.3 is 0 Å². The van der Waals surface area contributed by atoms with E-state index in [1.54, 1.807) is 0 Å². The van der Waals surface area contributed by atoms with Gasteiger partial charge in [-0.3, -0.25) is 0 Å². The summed E-state index contributed by atoms with van der Waals surface area (Å²) in [6, 6.07) is 56.5. The van der Waals surface area contributed by atoms with E-state index in [1.807, 2.05) is 12.1 Å². The van der Waals surface area contributed by atoms with Crippen molar-refractivity contribution >= 4 is 66.5 Å². The van der Waals surface area contributed by atoms with Crippen molar-refractivity contribution in [3.8, 4) is 39.8 Å². The van der Waals surface area contributed by atoms with Gasteiger partial charge < -0.3 is 14.0 Å². The Hall–Kier alpha value is -6.26. The number of aromatic nitrogens is 1. The normalized spacial score (nSPS) is 12.9. The lowest BCUT2D eigenvalue weighted by Gasteiger charge is -2.33. The zero-order valence-corrected chi connectivity index (χ0v) is 25.9. The second-order valence-electron chi connectivity index (χ2n) is 12.8. The molecule has 0 radical (unpaired) electrons. The van der Waals surface area contributed by atoms with Crippen LogP contribution in [0, 0.1) is 0 Å². The highest BCUT2D eigenvalue weighted by molar-refractivity contribution is 6.98. The molecule has 4 heteroatoms. The van der Waals surface area contributed by atoms with Crippen LogP contribution in [0.4, 0.5) is 0 Å². The summed E-state index contributed by atoms with van der Waals surface area (Å²) < 4.78 is 15.8. The SMILES string of the molecule is c1ccc2c(c1)Oc1cc(-c3c4ccccc4cc4cc(-n5c6ccccc6c6ccccc65)ccc34)cc3c1B2c1ccccc1O3. The number of ether oxygens (including phenoxy) is 2. The summed E-state index contributed by atoms with van der Waals surface area (Å²) >= 11 is 0. The van der Waals surface area contributed by atoms with Crippen molar-refractivity contribution in [3.05, 3.63) is 158 Å². The van der Waals surface area contributed by atoms with Gasteiger partial charge in [-0.25, -0.2) is 0 Å². The molecule has 9 aromatic rings. The first-order chi connectivity index (χ1) is 23.8. The van der Waals surface area contributed by atoms with E-state index in [0.29, 0.717) is 0 Å². The molecule has 0 saturated heterocycles. The van der Waals surface area contributed by atoms with Gasteiger partial charge in [0, 0.05) is 21.9 Å². The molecule has 0 amide bonds. The van der Waals surface area contributed by atoms with Crippen LogP contribution in [0.3, 0.4) is 0 Å². The Bertz CT molecular complexity index is 2690. The van der Waals surface area contributed by atoms with E-state index in [4.69, 9.17) is 9.47 Å². The third-order valence-electron chi connectivity index (χ3n) is 10.3. The molecule has 3 nitrogen and oxygen atoms in total. The van der Waals surface area contributed by atoms with Gasteiger partial charge in [0.05, 0.1) is 11.0 Å². The van der Waals surface area contributed by atoms with Crippen LogP contribution in [0.5, 0.6) is 23.0 Å². The van der Waals surface area contributed by atoms with Crippen LogP contribution in [-0.2, 0) is 0 Å². The fourth-order valence-electron chi connectivity index (χ4n) is 8.25. The van der Waals surface area contributed by atoms with Crippen LogP contribution in [0.15, 0.2) is 158 Å². The predicted molar refractivity (Wildman–Crippen MR) is 199 cm³/mol. The van der Waals surface area contributed by atoms with Gasteiger partial charge in [0.25, 0.3) is 6.71 Å². The molecule has 3 heterocycles. The van der Waals surface area contributed by atoms with E-state index >= 15 is 0 Å². The van der Waals surface area contributed by atoms with Crippen LogP contribution in [0.1, 0.15) is 0 Å². The number of benzene rings is 8. The fraction of sp³-hybridized carbons (Fsp3) is 0. The molecule has 0 bridgehead atoms. The number of para-hydroxylation sites is 4. The quantitative estimate of drug-likeness (QED) is 0.144. The summed E-state index contributed by atoms with van der Waals surface area (Å²) in [6.07, 6.45) is 0. The van der Waals surface area contributed by atoms with E-state index in [2.05, 4.69) is 150 Å². The lowest BCUT2D eigenvalue weighted by Crippen LogP contribution is -2.57. The zero-order valence-electron chi connectivity index (χ0n) is 25.9. The van der Waals surface area contributed by atoms with Crippen molar-refractivity contribution in [1.82, 2.24) is 4.57 Å². The molecule has 1 aromatic heterocycles. The van der Waals surface area contributed by atoms with Crippen LogP contribution < -0.4 is 25.9 Å². The number of hydrogen-bond donors (Lipinski definition) is 0. The van der Waals surface area contributed by atoms with Gasteiger partial charge in [0.1, 0.15) is 23.0 Å². The van der Waals surface area contributed by atoms with Crippen molar-refractivity contribution < 1.29 is 9.47 Å². The maximum Gasteiger partial charge on any atom is 0.260 e. The lowest BCUT2D eigenvalue weighted by molar-refractivity contribution is 0.465. The Morgan fingerprint density at radius 1 is 0.417 bits per heavy atom. The molecule has 222 valence electrons. The molecule has 0 atom stereocenters. The largest absolute Gasteiger partial charge is 0.458 e. The molecule has 0 unspecified atom stereocenters. The van der Waals surface area contributed by atoms with E-state index in [-0.39, 0.29) is 6.71 Å². The third kappa shape index (κ3) is 3.54. The maximum atomic E-state index is 6.69. The van der Waals surface area contributed by atoms with E-state index < -0.39 is 0 Å². The maximum absolute atomic E-state index is 6.69. The summed E-state index contributed by atoms with van der Waals surface area (Å²) in [5.74, 6) is 3.49.